The maximum Gasteiger partial charge on any atom is 2.00 e. The first-order chi connectivity index (χ1) is 15.9. The smallest absolute Gasteiger partial charge is 0.359 e. The molecule has 10 nitrogen and oxygen atoms in total. The van der Waals surface area contributed by atoms with E-state index in [-0.39, 0.29) is 43.2 Å². The summed E-state index contributed by atoms with van der Waals surface area (Å²) < 4.78 is 2.56. The van der Waals surface area contributed by atoms with Crippen molar-refractivity contribution in [3.63, 3.8) is 0 Å². The summed E-state index contributed by atoms with van der Waals surface area (Å²) in [5.41, 5.74) is 0.743. The third-order valence-corrected chi connectivity index (χ3v) is 4.89. The molecule has 0 bridgehead atoms. The zero-order valence-electron chi connectivity index (χ0n) is 17.8. The van der Waals surface area contributed by atoms with Gasteiger partial charge in [-0.3, -0.25) is 25.2 Å². The molecule has 164 valence electrons. The molecule has 0 amide bonds. The minimum absolute atomic E-state index is 0. The van der Waals surface area contributed by atoms with Gasteiger partial charge in [0, 0.05) is 28.4 Å². The fourth-order valence-corrected chi connectivity index (χ4v) is 3.08. The first kappa shape index (κ1) is 24.0. The summed E-state index contributed by atoms with van der Waals surface area (Å²) in [6.07, 6.45) is 5.50. The van der Waals surface area contributed by atoms with Crippen LogP contribution >= 0.6 is 0 Å². The molecule has 0 aliphatic carbocycles. The molecule has 0 saturated heterocycles. The van der Waals surface area contributed by atoms with Gasteiger partial charge in [-0.25, -0.2) is 9.94 Å². The second-order valence-electron chi connectivity index (χ2n) is 7.28. The van der Waals surface area contributed by atoms with Crippen LogP contribution in [0.3, 0.4) is 0 Å². The molecule has 4 aromatic rings. The number of hydrogen-bond acceptors (Lipinski definition) is 6. The van der Waals surface area contributed by atoms with Gasteiger partial charge in [-0.05, 0) is 43.3 Å². The molecule has 0 atom stereocenters. The van der Waals surface area contributed by atoms with Gasteiger partial charge in [-0.1, -0.05) is 37.0 Å². The first-order valence-electron chi connectivity index (χ1n) is 9.47. The van der Waals surface area contributed by atoms with Crippen LogP contribution in [-0.4, -0.2) is 29.5 Å². The molecule has 4 rings (SSSR count). The van der Waals surface area contributed by atoms with E-state index in [1.54, 1.807) is 24.3 Å². The Bertz CT molecular complexity index is 1370. The van der Waals surface area contributed by atoms with Crippen molar-refractivity contribution in [1.82, 2.24) is 29.5 Å². The molecule has 0 N–H and O–H groups in total. The van der Waals surface area contributed by atoms with E-state index in [4.69, 9.17) is 23.7 Å². The van der Waals surface area contributed by atoms with E-state index in [1.165, 1.54) is 9.36 Å². The molecule has 34 heavy (non-hydrogen) atoms. The number of rotatable bonds is 4. The van der Waals surface area contributed by atoms with Gasteiger partial charge in [0.2, 0.25) is 0 Å². The second-order valence-corrected chi connectivity index (χ2v) is 7.28. The topological polar surface area (TPSA) is 118 Å². The molecule has 4 aromatic heterocycles. The Hall–Kier alpha value is -4.66. The van der Waals surface area contributed by atoms with E-state index >= 15 is 0 Å². The van der Waals surface area contributed by atoms with E-state index in [0.717, 1.165) is 0 Å². The number of nitrogens with zero attached hydrogens (tertiary/aromatic N) is 10. The molecule has 11 heteroatoms. The molecule has 0 radical (unpaired) electrons. The van der Waals surface area contributed by atoms with Crippen LogP contribution in [0.25, 0.3) is 21.3 Å². The molecule has 0 spiro atoms. The third-order valence-electron chi connectivity index (χ3n) is 4.89. The number of aromatic nitrogens is 6. The molecular weight excluding hydrogens is 523 g/mol. The van der Waals surface area contributed by atoms with Crippen molar-refractivity contribution in [2.75, 3.05) is 0 Å². The average Bonchev–Trinajstić information content (AvgIpc) is 3.48. The SMILES string of the molecule is [C-]#[N+]c1[c-]n(-c2cccc(C(C)(C)c3cccc(-n4[c-]c(C#N)c([N+]#[C-])n4)n3)n2)nc1C#N.[Pd+2]. The van der Waals surface area contributed by atoms with Crippen molar-refractivity contribution in [2.24, 2.45) is 0 Å². The minimum Gasteiger partial charge on any atom is -0.359 e. The predicted octanol–water partition coefficient (Wildman–Crippen LogP) is 3.62. The standard InChI is InChI=1S/C23H12N10.Pd/c1-23(2,18-7-5-9-20(28-18)32-13-15(11-24)22(27-4)31-32)19-8-6-10-21(29-19)33-14-17(26-3)16(12-25)30-33;/h5-10H,1-2H3;/q-2;+2. The van der Waals surface area contributed by atoms with E-state index in [9.17, 15) is 0 Å². The monoisotopic (exact) mass is 534 g/mol. The van der Waals surface area contributed by atoms with Crippen LogP contribution in [0.4, 0.5) is 11.5 Å². The fraction of sp³-hybridized carbons (Fsp3) is 0.130. The van der Waals surface area contributed by atoms with Crippen LogP contribution in [0, 0.1) is 48.2 Å². The van der Waals surface area contributed by atoms with Crippen molar-refractivity contribution in [3.05, 3.63) is 94.3 Å². The van der Waals surface area contributed by atoms with Crippen LogP contribution < -0.4 is 0 Å². The Labute approximate surface area is 209 Å². The van der Waals surface area contributed by atoms with Gasteiger partial charge in [0.05, 0.1) is 23.9 Å². The van der Waals surface area contributed by atoms with Gasteiger partial charge < -0.3 is 9.53 Å². The number of hydrogen-bond donors (Lipinski definition) is 0. The summed E-state index contributed by atoms with van der Waals surface area (Å²) >= 11 is 0. The molecule has 4 heterocycles. The van der Waals surface area contributed by atoms with Crippen molar-refractivity contribution in [2.45, 2.75) is 19.3 Å². The van der Waals surface area contributed by atoms with E-state index in [2.05, 4.69) is 42.2 Å². The zero-order valence-corrected chi connectivity index (χ0v) is 19.3. The van der Waals surface area contributed by atoms with Gasteiger partial charge in [0.15, 0.2) is 0 Å². The fourth-order valence-electron chi connectivity index (χ4n) is 3.08. The minimum atomic E-state index is -0.659. The molecule has 0 aliphatic rings. The van der Waals surface area contributed by atoms with Gasteiger partial charge in [-0.2, -0.15) is 0 Å². The van der Waals surface area contributed by atoms with E-state index in [0.29, 0.717) is 23.0 Å². The largest absolute Gasteiger partial charge is 2.00 e. The van der Waals surface area contributed by atoms with Crippen molar-refractivity contribution in [1.29, 1.82) is 10.5 Å². The maximum atomic E-state index is 9.16. The number of nitriles is 2. The van der Waals surface area contributed by atoms with Gasteiger partial charge in [0.1, 0.15) is 5.69 Å². The normalized spacial score (nSPS) is 10.3. The Kier molecular flexibility index (Phi) is 6.67. The van der Waals surface area contributed by atoms with Crippen LogP contribution in [0.5, 0.6) is 0 Å². The van der Waals surface area contributed by atoms with Crippen LogP contribution in [0.2, 0.25) is 0 Å². The van der Waals surface area contributed by atoms with Gasteiger partial charge >= 0.3 is 20.4 Å². The number of pyridine rings is 2. The van der Waals surface area contributed by atoms with E-state index in [1.807, 2.05) is 38.1 Å². The average molecular weight is 535 g/mol. The molecule has 0 unspecified atom stereocenters. The quantitative estimate of drug-likeness (QED) is 0.291. The maximum absolute atomic E-state index is 9.16. The summed E-state index contributed by atoms with van der Waals surface area (Å²) in [7, 11) is 0. The summed E-state index contributed by atoms with van der Waals surface area (Å²) in [4.78, 5) is 15.8. The molecular formula is C23H12N10Pd. The van der Waals surface area contributed by atoms with Crippen molar-refractivity contribution < 1.29 is 20.4 Å². The van der Waals surface area contributed by atoms with Crippen molar-refractivity contribution in [3.8, 4) is 23.8 Å². The van der Waals surface area contributed by atoms with E-state index < -0.39 is 5.41 Å². The molecule has 0 saturated carbocycles. The second kappa shape index (κ2) is 9.45. The summed E-state index contributed by atoms with van der Waals surface area (Å²) in [6, 6.07) is 14.5. The zero-order chi connectivity index (χ0) is 23.6. The molecule has 0 fully saturated rings. The summed E-state index contributed by atoms with van der Waals surface area (Å²) in [5.74, 6) is 0.775. The Morgan fingerprint density at radius 3 is 1.91 bits per heavy atom. The molecule has 0 aromatic carbocycles. The Morgan fingerprint density at radius 1 is 0.882 bits per heavy atom. The predicted molar refractivity (Wildman–Crippen MR) is 114 cm³/mol. The molecule has 0 aliphatic heterocycles. The first-order valence-corrected chi connectivity index (χ1v) is 9.47. The van der Waals surface area contributed by atoms with Crippen LogP contribution in [0.1, 0.15) is 36.5 Å². The van der Waals surface area contributed by atoms with Crippen molar-refractivity contribution >= 4 is 11.5 Å². The Balaban J connectivity index is 0.00000324. The summed E-state index contributed by atoms with van der Waals surface area (Å²) in [6.45, 7) is 18.2. The van der Waals surface area contributed by atoms with Crippen LogP contribution in [0.15, 0.2) is 36.4 Å². The van der Waals surface area contributed by atoms with Gasteiger partial charge in [-0.15, -0.1) is 0 Å². The summed E-state index contributed by atoms with van der Waals surface area (Å²) in [5, 5.41) is 26.5. The third kappa shape index (κ3) is 4.18. The van der Waals surface area contributed by atoms with Gasteiger partial charge in [0.25, 0.3) is 5.82 Å². The van der Waals surface area contributed by atoms with Crippen LogP contribution in [-0.2, 0) is 25.8 Å². The Morgan fingerprint density at radius 2 is 1.47 bits per heavy atom.